The van der Waals surface area contributed by atoms with Crippen LogP contribution in [0.5, 0.6) is 0 Å². The van der Waals surface area contributed by atoms with E-state index in [-0.39, 0.29) is 23.9 Å². The number of benzene rings is 1. The highest BCUT2D eigenvalue weighted by Crippen LogP contribution is 2.38. The SMILES string of the molecule is CC(C)(C)OC[C@H](O[C@H](c1ccccc1)C1CCCCC1)[C@@H](O)COC(C)(C)C. The van der Waals surface area contributed by atoms with E-state index in [1.807, 2.05) is 47.6 Å². The number of ether oxygens (including phenoxy) is 3. The van der Waals surface area contributed by atoms with Gasteiger partial charge >= 0.3 is 0 Å². The molecule has 0 saturated heterocycles. The molecule has 1 aliphatic carbocycles. The van der Waals surface area contributed by atoms with E-state index >= 15 is 0 Å². The van der Waals surface area contributed by atoms with Crippen LogP contribution in [0.15, 0.2) is 30.3 Å². The minimum Gasteiger partial charge on any atom is -0.388 e. The van der Waals surface area contributed by atoms with E-state index in [1.165, 1.54) is 37.7 Å². The van der Waals surface area contributed by atoms with Gasteiger partial charge in [0.15, 0.2) is 0 Å². The standard InChI is InChI=1S/C25H42O4/c1-24(2,3)27-17-21(26)22(18-28-25(4,5)6)29-23(19-13-9-7-10-14-19)20-15-11-8-12-16-20/h7,9-10,13-14,20-23,26H,8,11-12,15-18H2,1-6H3/t21-,22-,23+/m0/s1. The molecule has 1 N–H and O–H groups in total. The number of aliphatic hydroxyl groups is 1. The van der Waals surface area contributed by atoms with Crippen molar-refractivity contribution in [3.8, 4) is 0 Å². The third kappa shape index (κ3) is 9.17. The van der Waals surface area contributed by atoms with E-state index in [0.29, 0.717) is 12.5 Å². The molecule has 0 spiro atoms. The Morgan fingerprint density at radius 3 is 1.97 bits per heavy atom. The summed E-state index contributed by atoms with van der Waals surface area (Å²) in [6.07, 6.45) is 4.91. The Kier molecular flexibility index (Phi) is 9.15. The lowest BCUT2D eigenvalue weighted by molar-refractivity contribution is -0.168. The summed E-state index contributed by atoms with van der Waals surface area (Å²) in [4.78, 5) is 0. The van der Waals surface area contributed by atoms with E-state index in [2.05, 4.69) is 24.3 Å². The zero-order valence-corrected chi connectivity index (χ0v) is 19.3. The van der Waals surface area contributed by atoms with Gasteiger partial charge in [0.1, 0.15) is 12.2 Å². The highest BCUT2D eigenvalue weighted by molar-refractivity contribution is 5.18. The van der Waals surface area contributed by atoms with Crippen molar-refractivity contribution in [2.45, 2.75) is 103 Å². The van der Waals surface area contributed by atoms with Gasteiger partial charge in [-0.2, -0.15) is 0 Å². The average Bonchev–Trinajstić information content (AvgIpc) is 2.66. The summed E-state index contributed by atoms with van der Waals surface area (Å²) in [6, 6.07) is 10.4. The van der Waals surface area contributed by atoms with Gasteiger partial charge in [0.05, 0.1) is 30.5 Å². The first-order valence-corrected chi connectivity index (χ1v) is 11.2. The molecule has 29 heavy (non-hydrogen) atoms. The van der Waals surface area contributed by atoms with Gasteiger partial charge < -0.3 is 19.3 Å². The first-order valence-electron chi connectivity index (χ1n) is 11.2. The Morgan fingerprint density at radius 2 is 1.41 bits per heavy atom. The van der Waals surface area contributed by atoms with Crippen LogP contribution in [0.1, 0.15) is 85.3 Å². The summed E-state index contributed by atoms with van der Waals surface area (Å²) in [7, 11) is 0. The van der Waals surface area contributed by atoms with Gasteiger partial charge in [0.25, 0.3) is 0 Å². The highest BCUT2D eigenvalue weighted by Gasteiger charge is 2.32. The van der Waals surface area contributed by atoms with Crippen molar-refractivity contribution in [1.29, 1.82) is 0 Å². The lowest BCUT2D eigenvalue weighted by Gasteiger charge is -2.36. The number of hydrogen-bond donors (Lipinski definition) is 1. The summed E-state index contributed by atoms with van der Waals surface area (Å²) >= 11 is 0. The predicted molar refractivity (Wildman–Crippen MR) is 118 cm³/mol. The molecule has 4 nitrogen and oxygen atoms in total. The maximum atomic E-state index is 10.9. The minimum absolute atomic E-state index is 0.0330. The van der Waals surface area contributed by atoms with Crippen LogP contribution in [0.3, 0.4) is 0 Å². The molecule has 0 amide bonds. The Balaban J connectivity index is 2.18. The molecule has 0 aromatic heterocycles. The third-order valence-corrected chi connectivity index (χ3v) is 5.32. The quantitative estimate of drug-likeness (QED) is 0.573. The van der Waals surface area contributed by atoms with Gasteiger partial charge in [-0.1, -0.05) is 49.6 Å². The lowest BCUT2D eigenvalue weighted by atomic mass is 9.82. The van der Waals surface area contributed by atoms with Crippen LogP contribution in [0.4, 0.5) is 0 Å². The first kappa shape index (κ1) is 24.3. The largest absolute Gasteiger partial charge is 0.388 e. The van der Waals surface area contributed by atoms with Crippen LogP contribution in [0.25, 0.3) is 0 Å². The van der Waals surface area contributed by atoms with Gasteiger partial charge in [-0.25, -0.2) is 0 Å². The maximum Gasteiger partial charge on any atom is 0.110 e. The normalized spacial score (nSPS) is 19.7. The molecule has 4 heteroatoms. The van der Waals surface area contributed by atoms with Crippen molar-refractivity contribution < 1.29 is 19.3 Å². The molecule has 3 atom stereocenters. The Hall–Kier alpha value is -0.940. The van der Waals surface area contributed by atoms with E-state index in [4.69, 9.17) is 14.2 Å². The fourth-order valence-corrected chi connectivity index (χ4v) is 3.75. The second-order valence-corrected chi connectivity index (χ2v) is 10.3. The van der Waals surface area contributed by atoms with Crippen LogP contribution < -0.4 is 0 Å². The molecule has 1 aliphatic rings. The molecule has 0 unspecified atom stereocenters. The van der Waals surface area contributed by atoms with Crippen LogP contribution in [0.2, 0.25) is 0 Å². The van der Waals surface area contributed by atoms with E-state index in [9.17, 15) is 5.11 Å². The molecule has 0 aliphatic heterocycles. The van der Waals surface area contributed by atoms with Crippen LogP contribution in [-0.4, -0.2) is 41.7 Å². The Morgan fingerprint density at radius 1 is 0.862 bits per heavy atom. The van der Waals surface area contributed by atoms with Crippen LogP contribution in [0, 0.1) is 5.92 Å². The summed E-state index contributed by atoms with van der Waals surface area (Å²) in [6.45, 7) is 12.6. The molecule has 1 saturated carbocycles. The maximum absolute atomic E-state index is 10.9. The molecule has 0 bridgehead atoms. The summed E-state index contributed by atoms with van der Waals surface area (Å²) in [5, 5.41) is 10.9. The third-order valence-electron chi connectivity index (χ3n) is 5.32. The molecule has 1 aromatic rings. The molecule has 2 rings (SSSR count). The van der Waals surface area contributed by atoms with Crippen molar-refractivity contribution in [3.05, 3.63) is 35.9 Å². The van der Waals surface area contributed by atoms with Crippen molar-refractivity contribution >= 4 is 0 Å². The van der Waals surface area contributed by atoms with Gasteiger partial charge in [-0.05, 0) is 65.9 Å². The Labute approximate surface area is 177 Å². The fourth-order valence-electron chi connectivity index (χ4n) is 3.75. The summed E-state index contributed by atoms with van der Waals surface area (Å²) < 4.78 is 18.5. The Bertz CT molecular complexity index is 567. The zero-order chi connectivity index (χ0) is 21.5. The van der Waals surface area contributed by atoms with Crippen molar-refractivity contribution in [3.63, 3.8) is 0 Å². The molecular formula is C25H42O4. The van der Waals surface area contributed by atoms with E-state index in [0.717, 1.165) is 0 Å². The average molecular weight is 407 g/mol. The molecule has 166 valence electrons. The number of rotatable bonds is 9. The second-order valence-electron chi connectivity index (χ2n) is 10.3. The van der Waals surface area contributed by atoms with Gasteiger partial charge in [0.2, 0.25) is 0 Å². The van der Waals surface area contributed by atoms with Crippen LogP contribution in [-0.2, 0) is 14.2 Å². The van der Waals surface area contributed by atoms with Crippen molar-refractivity contribution in [1.82, 2.24) is 0 Å². The predicted octanol–water partition coefficient (Wildman–Crippen LogP) is 5.68. The molecule has 1 aromatic carbocycles. The van der Waals surface area contributed by atoms with E-state index < -0.39 is 12.2 Å². The topological polar surface area (TPSA) is 47.9 Å². The smallest absolute Gasteiger partial charge is 0.110 e. The monoisotopic (exact) mass is 406 g/mol. The molecular weight excluding hydrogens is 364 g/mol. The zero-order valence-electron chi connectivity index (χ0n) is 19.3. The van der Waals surface area contributed by atoms with Crippen molar-refractivity contribution in [2.75, 3.05) is 13.2 Å². The van der Waals surface area contributed by atoms with Gasteiger partial charge in [-0.15, -0.1) is 0 Å². The van der Waals surface area contributed by atoms with E-state index in [1.54, 1.807) is 0 Å². The summed E-state index contributed by atoms with van der Waals surface area (Å²) in [5.41, 5.74) is 0.585. The summed E-state index contributed by atoms with van der Waals surface area (Å²) in [5.74, 6) is 0.471. The molecule has 1 fully saturated rings. The fraction of sp³-hybridized carbons (Fsp3) is 0.760. The highest BCUT2D eigenvalue weighted by atomic mass is 16.6. The van der Waals surface area contributed by atoms with Gasteiger partial charge in [0, 0.05) is 0 Å². The molecule has 0 radical (unpaired) electrons. The van der Waals surface area contributed by atoms with Gasteiger partial charge in [-0.3, -0.25) is 0 Å². The minimum atomic E-state index is -0.744. The second kappa shape index (κ2) is 10.9. The van der Waals surface area contributed by atoms with Crippen LogP contribution >= 0.6 is 0 Å². The number of aliphatic hydroxyl groups excluding tert-OH is 1. The first-order chi connectivity index (χ1) is 13.6. The molecule has 0 heterocycles. The van der Waals surface area contributed by atoms with Crippen molar-refractivity contribution in [2.24, 2.45) is 5.92 Å². The number of hydrogen-bond acceptors (Lipinski definition) is 4. The lowest BCUT2D eigenvalue weighted by Crippen LogP contribution is -2.42.